The summed E-state index contributed by atoms with van der Waals surface area (Å²) in [7, 11) is -13.7. The first-order valence-corrected chi connectivity index (χ1v) is 7.02. The number of rotatable bonds is 3. The van der Waals surface area contributed by atoms with Crippen LogP contribution in [0.5, 0.6) is 0 Å². The molecule has 15 heteroatoms. The van der Waals surface area contributed by atoms with Gasteiger partial charge in [0, 0.05) is 12.4 Å². The van der Waals surface area contributed by atoms with E-state index in [0.717, 1.165) is 0 Å². The minimum atomic E-state index is -6.85. The second-order valence-corrected chi connectivity index (χ2v) is 6.77. The molecule has 0 aliphatic carbocycles. The maximum Gasteiger partial charge on any atom is 0.519 e. The van der Waals surface area contributed by atoms with E-state index in [4.69, 9.17) is 0 Å². The molecular formula is C5H3F6N3O4S2. The molecule has 0 unspecified atom stereocenters. The van der Waals surface area contributed by atoms with Crippen molar-refractivity contribution in [3.05, 3.63) is 18.7 Å². The van der Waals surface area contributed by atoms with Gasteiger partial charge in [-0.15, -0.1) is 0 Å². The van der Waals surface area contributed by atoms with Crippen LogP contribution in [0.15, 0.2) is 18.7 Å². The van der Waals surface area contributed by atoms with Crippen molar-refractivity contribution in [2.24, 2.45) is 0 Å². The molecule has 1 heterocycles. The molecule has 1 rings (SSSR count). The summed E-state index contributed by atoms with van der Waals surface area (Å²) in [5.41, 5.74) is -12.5. The maximum atomic E-state index is 12.3. The molecule has 0 atom stereocenters. The van der Waals surface area contributed by atoms with Gasteiger partial charge in [-0.2, -0.15) is 43.2 Å². The Morgan fingerprint density at radius 1 is 0.900 bits per heavy atom. The monoisotopic (exact) mass is 347 g/mol. The first-order chi connectivity index (χ1) is 8.73. The summed E-state index contributed by atoms with van der Waals surface area (Å²) < 4.78 is 116. The minimum absolute atomic E-state index is 0.145. The number of alkyl halides is 6. The molecule has 0 amide bonds. The molecular weight excluding hydrogens is 344 g/mol. The molecule has 20 heavy (non-hydrogen) atoms. The van der Waals surface area contributed by atoms with Gasteiger partial charge in [0.25, 0.3) is 0 Å². The van der Waals surface area contributed by atoms with Crippen molar-refractivity contribution in [1.29, 1.82) is 0 Å². The lowest BCUT2D eigenvalue weighted by Gasteiger charge is -2.25. The summed E-state index contributed by atoms with van der Waals surface area (Å²) in [6.45, 7) is 0. The zero-order chi connectivity index (χ0) is 16.0. The average Bonchev–Trinajstić information content (AvgIpc) is 2.66. The van der Waals surface area contributed by atoms with Crippen molar-refractivity contribution >= 4 is 20.0 Å². The highest BCUT2D eigenvalue weighted by Gasteiger charge is 2.62. The number of imidazole rings is 1. The van der Waals surface area contributed by atoms with E-state index in [2.05, 4.69) is 4.98 Å². The molecule has 1 aromatic heterocycles. The van der Waals surface area contributed by atoms with Crippen molar-refractivity contribution in [3.63, 3.8) is 0 Å². The van der Waals surface area contributed by atoms with Gasteiger partial charge in [-0.3, -0.25) is 0 Å². The molecule has 0 fully saturated rings. The van der Waals surface area contributed by atoms with Crippen molar-refractivity contribution < 1.29 is 43.2 Å². The van der Waals surface area contributed by atoms with Crippen LogP contribution in [0.3, 0.4) is 0 Å². The standard InChI is InChI=1S/C5H3F6N3O4S2/c6-4(7,8)19(15,16)14(13-2-1-12-3-13)20(17,18)5(9,10)11/h1-3H. The van der Waals surface area contributed by atoms with E-state index in [9.17, 15) is 43.2 Å². The van der Waals surface area contributed by atoms with E-state index in [0.29, 0.717) is 6.20 Å². The fourth-order valence-corrected chi connectivity index (χ4v) is 3.49. The fourth-order valence-electron chi connectivity index (χ4n) is 0.903. The molecule has 0 radical (unpaired) electrons. The van der Waals surface area contributed by atoms with E-state index >= 15 is 0 Å². The Bertz CT molecular complexity index is 629. The van der Waals surface area contributed by atoms with Gasteiger partial charge in [-0.1, -0.05) is 3.82 Å². The molecule has 0 saturated heterocycles. The summed E-state index contributed by atoms with van der Waals surface area (Å²) in [6.07, 6.45) is 1.02. The van der Waals surface area contributed by atoms with Gasteiger partial charge in [0.2, 0.25) is 0 Å². The number of nitrogens with zero attached hydrogens (tertiary/aromatic N) is 3. The highest BCUT2D eigenvalue weighted by molar-refractivity contribution is 8.10. The largest absolute Gasteiger partial charge is 0.519 e. The zero-order valence-corrected chi connectivity index (χ0v) is 10.4. The molecule has 0 bridgehead atoms. The normalized spacial score (nSPS) is 14.3. The third-order valence-electron chi connectivity index (χ3n) is 1.68. The number of sulfonamides is 2. The van der Waals surface area contributed by atoms with Gasteiger partial charge >= 0.3 is 31.1 Å². The second-order valence-electron chi connectivity index (χ2n) is 3.02. The third-order valence-corrected chi connectivity index (χ3v) is 5.22. The Morgan fingerprint density at radius 2 is 1.30 bits per heavy atom. The molecule has 0 N–H and O–H groups in total. The summed E-state index contributed by atoms with van der Waals surface area (Å²) >= 11 is 0. The fraction of sp³-hybridized carbons (Fsp3) is 0.400. The summed E-state index contributed by atoms with van der Waals surface area (Å²) in [6, 6.07) is 0. The van der Waals surface area contributed by atoms with Crippen LogP contribution in [0.1, 0.15) is 0 Å². The SMILES string of the molecule is O=S(=O)(N(n1ccnc1)S(=O)(=O)C(F)(F)F)C(F)(F)F. The molecule has 0 saturated carbocycles. The van der Waals surface area contributed by atoms with E-state index in [1.165, 1.54) is 0 Å². The predicted octanol–water partition coefficient (Wildman–Crippen LogP) is 0.520. The number of hydrogen-bond donors (Lipinski definition) is 0. The third kappa shape index (κ3) is 2.54. The Balaban J connectivity index is 3.66. The van der Waals surface area contributed by atoms with Crippen LogP contribution in [0.4, 0.5) is 26.3 Å². The summed E-state index contributed by atoms with van der Waals surface area (Å²) in [5.74, 6) is 0. The topological polar surface area (TPSA) is 89.3 Å². The first kappa shape index (κ1) is 16.5. The van der Waals surface area contributed by atoms with Gasteiger partial charge in [0.15, 0.2) is 0 Å². The van der Waals surface area contributed by atoms with Crippen LogP contribution in [0, 0.1) is 0 Å². The molecule has 7 nitrogen and oxygen atoms in total. The average molecular weight is 347 g/mol. The number of hydrogen-bond acceptors (Lipinski definition) is 5. The lowest BCUT2D eigenvalue weighted by molar-refractivity contribution is -0.0471. The van der Waals surface area contributed by atoms with E-state index in [1.54, 1.807) is 0 Å². The number of halogens is 6. The maximum absolute atomic E-state index is 12.3. The molecule has 1 aromatic rings. The molecule has 116 valence electrons. The molecule has 0 aromatic carbocycles. The second kappa shape index (κ2) is 4.51. The lowest BCUT2D eigenvalue weighted by atomic mass is 11.0. The van der Waals surface area contributed by atoms with Gasteiger partial charge in [0.05, 0.1) is 0 Å². The van der Waals surface area contributed by atoms with Crippen LogP contribution in [-0.2, 0) is 20.0 Å². The highest BCUT2D eigenvalue weighted by atomic mass is 32.3. The van der Waals surface area contributed by atoms with Crippen LogP contribution in [-0.4, -0.2) is 37.5 Å². The first-order valence-electron chi connectivity index (χ1n) is 4.14. The van der Waals surface area contributed by atoms with Gasteiger partial charge in [-0.25, -0.2) is 9.66 Å². The number of aromatic nitrogens is 2. The predicted molar refractivity (Wildman–Crippen MR) is 50.4 cm³/mol. The summed E-state index contributed by atoms with van der Waals surface area (Å²) in [5, 5.41) is 0. The van der Waals surface area contributed by atoms with Crippen LogP contribution in [0.25, 0.3) is 0 Å². The zero-order valence-electron chi connectivity index (χ0n) is 8.79. The Kier molecular flexibility index (Phi) is 3.73. The van der Waals surface area contributed by atoms with Crippen LogP contribution >= 0.6 is 0 Å². The van der Waals surface area contributed by atoms with E-state index in [1.807, 2.05) is 0 Å². The summed E-state index contributed by atoms with van der Waals surface area (Å²) in [4.78, 5) is 2.99. The highest BCUT2D eigenvalue weighted by Crippen LogP contribution is 2.33. The van der Waals surface area contributed by atoms with Crippen LogP contribution < -0.4 is 3.82 Å². The van der Waals surface area contributed by atoms with Crippen molar-refractivity contribution in [2.45, 2.75) is 11.0 Å². The van der Waals surface area contributed by atoms with E-state index in [-0.39, 0.29) is 12.5 Å². The van der Waals surface area contributed by atoms with Gasteiger partial charge in [-0.05, 0) is 0 Å². The molecule has 0 spiro atoms. The molecule has 0 aliphatic rings. The van der Waals surface area contributed by atoms with Crippen molar-refractivity contribution in [2.75, 3.05) is 3.82 Å². The van der Waals surface area contributed by atoms with Gasteiger partial charge < -0.3 is 0 Å². The van der Waals surface area contributed by atoms with Crippen LogP contribution in [0.2, 0.25) is 0 Å². The quantitative estimate of drug-likeness (QED) is 0.744. The molecule has 0 aliphatic heterocycles. The lowest BCUT2D eigenvalue weighted by Crippen LogP contribution is -2.54. The Hall–Kier alpha value is -1.51. The smallest absolute Gasteiger partial charge is 0.243 e. The van der Waals surface area contributed by atoms with Gasteiger partial charge in [0.1, 0.15) is 6.33 Å². The van der Waals surface area contributed by atoms with Crippen molar-refractivity contribution in [3.8, 4) is 0 Å². The Morgan fingerprint density at radius 3 is 1.55 bits per heavy atom. The Labute approximate surface area is 107 Å². The van der Waals surface area contributed by atoms with Crippen molar-refractivity contribution in [1.82, 2.24) is 9.66 Å². The minimum Gasteiger partial charge on any atom is -0.243 e. The van der Waals surface area contributed by atoms with E-state index < -0.39 is 39.6 Å².